The van der Waals surface area contributed by atoms with Crippen molar-refractivity contribution in [3.05, 3.63) is 83.6 Å². The zero-order chi connectivity index (χ0) is 18.5. The van der Waals surface area contributed by atoms with Crippen molar-refractivity contribution in [2.45, 2.75) is 6.61 Å². The zero-order valence-corrected chi connectivity index (χ0v) is 13.9. The molecule has 2 aromatic heterocycles. The van der Waals surface area contributed by atoms with E-state index in [1.807, 2.05) is 0 Å². The lowest BCUT2D eigenvalue weighted by atomic mass is 10.1. The lowest BCUT2D eigenvalue weighted by Gasteiger charge is -2.13. The normalized spacial score (nSPS) is 12.3. The van der Waals surface area contributed by atoms with Gasteiger partial charge in [0, 0.05) is 11.6 Å². The maximum Gasteiger partial charge on any atom is 0.268 e. The number of benzene rings is 2. The second kappa shape index (κ2) is 5.74. The summed E-state index contributed by atoms with van der Waals surface area (Å²) in [4.78, 5) is 17.4. The maximum atomic E-state index is 13.9. The average Bonchev–Trinajstić information content (AvgIpc) is 3.24. The zero-order valence-electron chi connectivity index (χ0n) is 13.9. The Balaban J connectivity index is 1.68. The van der Waals surface area contributed by atoms with Crippen LogP contribution in [0.1, 0.15) is 15.9 Å². The van der Waals surface area contributed by atoms with Gasteiger partial charge in [-0.05, 0) is 48.0 Å². The van der Waals surface area contributed by atoms with E-state index >= 15 is 0 Å². The summed E-state index contributed by atoms with van der Waals surface area (Å²) in [6, 6.07) is 13.6. The lowest BCUT2D eigenvalue weighted by molar-refractivity contribution is 0.0965. The average molecular weight is 362 g/mol. The van der Waals surface area contributed by atoms with Gasteiger partial charge in [0.1, 0.15) is 35.2 Å². The molecule has 0 fully saturated rings. The summed E-state index contributed by atoms with van der Waals surface area (Å²) in [6.07, 6.45) is 1.66. The van der Waals surface area contributed by atoms with E-state index in [0.29, 0.717) is 27.9 Å². The van der Waals surface area contributed by atoms with Gasteiger partial charge in [-0.1, -0.05) is 12.1 Å². The fourth-order valence-corrected chi connectivity index (χ4v) is 3.35. The Morgan fingerprint density at radius 3 is 2.59 bits per heavy atom. The van der Waals surface area contributed by atoms with Crippen LogP contribution in [-0.4, -0.2) is 15.5 Å². The molecule has 132 valence electrons. The van der Waals surface area contributed by atoms with Gasteiger partial charge in [-0.15, -0.1) is 0 Å². The van der Waals surface area contributed by atoms with Crippen LogP contribution in [0.15, 0.2) is 60.8 Å². The number of carbonyl (C=O) groups excluding carboxylic acids is 1. The van der Waals surface area contributed by atoms with Crippen molar-refractivity contribution in [1.82, 2.24) is 9.55 Å². The third kappa shape index (κ3) is 2.41. The van der Waals surface area contributed by atoms with Crippen LogP contribution < -0.4 is 4.74 Å². The Kier molecular flexibility index (Phi) is 3.33. The van der Waals surface area contributed by atoms with Crippen molar-refractivity contribution >= 4 is 16.8 Å². The first-order valence-corrected chi connectivity index (χ1v) is 8.35. The van der Waals surface area contributed by atoms with Gasteiger partial charge in [0.05, 0.1) is 11.2 Å². The molecule has 4 aromatic rings. The van der Waals surface area contributed by atoms with Gasteiger partial charge in [-0.2, -0.15) is 0 Å². The van der Waals surface area contributed by atoms with Crippen LogP contribution in [0.2, 0.25) is 0 Å². The minimum Gasteiger partial charge on any atom is -0.487 e. The third-order valence-electron chi connectivity index (χ3n) is 4.62. The van der Waals surface area contributed by atoms with Crippen molar-refractivity contribution in [1.29, 1.82) is 0 Å². The number of hydrogen-bond acceptors (Lipinski definition) is 3. The highest BCUT2D eigenvalue weighted by Crippen LogP contribution is 2.41. The van der Waals surface area contributed by atoms with Crippen LogP contribution >= 0.6 is 0 Å². The van der Waals surface area contributed by atoms with Gasteiger partial charge in [-0.25, -0.2) is 13.8 Å². The van der Waals surface area contributed by atoms with Crippen LogP contribution in [0.25, 0.3) is 22.3 Å². The monoisotopic (exact) mass is 362 g/mol. The third-order valence-corrected chi connectivity index (χ3v) is 4.62. The lowest BCUT2D eigenvalue weighted by Crippen LogP contribution is -2.08. The fraction of sp³-hybridized carbons (Fsp3) is 0.0476. The first-order valence-electron chi connectivity index (χ1n) is 8.35. The molecule has 0 N–H and O–H groups in total. The molecule has 6 heteroatoms. The molecule has 0 atom stereocenters. The Morgan fingerprint density at radius 2 is 1.78 bits per heavy atom. The molecular formula is C21H12F2N2O2. The van der Waals surface area contributed by atoms with E-state index in [0.717, 1.165) is 5.56 Å². The number of nitrogens with zero attached hydrogens (tertiary/aromatic N) is 2. The number of halogens is 2. The van der Waals surface area contributed by atoms with E-state index in [1.54, 1.807) is 36.5 Å². The van der Waals surface area contributed by atoms with E-state index in [4.69, 9.17) is 4.74 Å². The Hall–Kier alpha value is -3.54. The number of hydrogen-bond donors (Lipinski definition) is 0. The molecule has 1 aliphatic heterocycles. The van der Waals surface area contributed by atoms with Gasteiger partial charge in [0.2, 0.25) is 0 Å². The molecule has 1 aliphatic rings. The smallest absolute Gasteiger partial charge is 0.268 e. The second-order valence-corrected chi connectivity index (χ2v) is 6.31. The predicted octanol–water partition coefficient (Wildman–Crippen LogP) is 4.56. The van der Waals surface area contributed by atoms with Gasteiger partial charge in [-0.3, -0.25) is 9.36 Å². The van der Waals surface area contributed by atoms with Crippen LogP contribution in [0, 0.1) is 11.6 Å². The molecule has 0 saturated heterocycles. The number of fused-ring (bicyclic) bond motifs is 4. The van der Waals surface area contributed by atoms with E-state index in [9.17, 15) is 13.6 Å². The van der Waals surface area contributed by atoms with Crippen LogP contribution in [0.5, 0.6) is 5.75 Å². The largest absolute Gasteiger partial charge is 0.487 e. The van der Waals surface area contributed by atoms with Gasteiger partial charge in [0.25, 0.3) is 5.91 Å². The second-order valence-electron chi connectivity index (χ2n) is 6.31. The Labute approximate surface area is 152 Å². The van der Waals surface area contributed by atoms with E-state index in [1.165, 1.54) is 28.8 Å². The van der Waals surface area contributed by atoms with Crippen molar-refractivity contribution in [3.63, 3.8) is 0 Å². The number of rotatable bonds is 3. The molecule has 0 spiro atoms. The van der Waals surface area contributed by atoms with Crippen molar-refractivity contribution in [3.8, 4) is 17.1 Å². The minimum absolute atomic E-state index is 0.116. The van der Waals surface area contributed by atoms with Crippen molar-refractivity contribution in [2.24, 2.45) is 0 Å². The number of aromatic nitrogens is 2. The number of pyridine rings is 1. The number of carbonyl (C=O) groups is 1. The molecular weight excluding hydrogens is 350 g/mol. The molecule has 27 heavy (non-hydrogen) atoms. The Morgan fingerprint density at radius 1 is 1.00 bits per heavy atom. The highest BCUT2D eigenvalue weighted by atomic mass is 19.1. The van der Waals surface area contributed by atoms with Crippen LogP contribution in [-0.2, 0) is 6.61 Å². The predicted molar refractivity (Wildman–Crippen MR) is 95.6 cm³/mol. The molecule has 3 heterocycles. The highest BCUT2D eigenvalue weighted by molar-refractivity contribution is 6.13. The molecule has 4 nitrogen and oxygen atoms in total. The van der Waals surface area contributed by atoms with E-state index < -0.39 is 5.82 Å². The molecule has 0 saturated carbocycles. The van der Waals surface area contributed by atoms with Crippen molar-refractivity contribution in [2.75, 3.05) is 0 Å². The molecule has 2 aromatic carbocycles. The summed E-state index contributed by atoms with van der Waals surface area (Å²) >= 11 is 0. The van der Waals surface area contributed by atoms with Gasteiger partial charge >= 0.3 is 0 Å². The highest BCUT2D eigenvalue weighted by Gasteiger charge is 2.32. The quantitative estimate of drug-likeness (QED) is 0.472. The molecule has 0 unspecified atom stereocenters. The molecule has 5 rings (SSSR count). The minimum atomic E-state index is -0.444. The molecule has 0 bridgehead atoms. The standard InChI is InChI=1S/C21H12F2N2O2/c22-13-5-3-12(4-6-13)11-27-20-15-10-14(23)7-8-16(15)24-19-17-2-1-9-25(17)21(26)18(19)20/h1-10H,11H2. The summed E-state index contributed by atoms with van der Waals surface area (Å²) in [6.45, 7) is 0.116. The van der Waals surface area contributed by atoms with E-state index in [-0.39, 0.29) is 24.1 Å². The summed E-state index contributed by atoms with van der Waals surface area (Å²) in [5.74, 6) is -0.767. The molecule has 0 radical (unpaired) electrons. The van der Waals surface area contributed by atoms with Gasteiger partial charge in [0.15, 0.2) is 0 Å². The SMILES string of the molecule is O=C1c2c(nc3ccc(F)cc3c2OCc2ccc(F)cc2)-c2cccn21. The molecule has 0 aliphatic carbocycles. The first kappa shape index (κ1) is 15.7. The Bertz CT molecular complexity index is 1210. The van der Waals surface area contributed by atoms with Gasteiger partial charge < -0.3 is 4.74 Å². The van der Waals surface area contributed by atoms with Crippen molar-refractivity contribution < 1.29 is 18.3 Å². The summed E-state index contributed by atoms with van der Waals surface area (Å²) in [5.41, 5.74) is 2.76. The summed E-state index contributed by atoms with van der Waals surface area (Å²) in [7, 11) is 0. The van der Waals surface area contributed by atoms with Crippen LogP contribution in [0.3, 0.4) is 0 Å². The first-order chi connectivity index (χ1) is 13.1. The van der Waals surface area contributed by atoms with E-state index in [2.05, 4.69) is 4.98 Å². The molecule has 0 amide bonds. The number of ether oxygens (including phenoxy) is 1. The summed E-state index contributed by atoms with van der Waals surface area (Å²) < 4.78 is 34.4. The fourth-order valence-electron chi connectivity index (χ4n) is 3.35. The maximum absolute atomic E-state index is 13.9. The topological polar surface area (TPSA) is 44.1 Å². The summed E-state index contributed by atoms with van der Waals surface area (Å²) in [5, 5.41) is 0.426. The van der Waals surface area contributed by atoms with Crippen LogP contribution in [0.4, 0.5) is 8.78 Å².